The fourth-order valence-electron chi connectivity index (χ4n) is 3.77. The molecule has 0 aromatic heterocycles. The molecule has 0 spiro atoms. The number of ether oxygens (including phenoxy) is 2. The van der Waals surface area contributed by atoms with E-state index in [0.29, 0.717) is 5.02 Å². The molecule has 7 heteroatoms. The second-order valence-electron chi connectivity index (χ2n) is 5.39. The van der Waals surface area contributed by atoms with Gasteiger partial charge in [-0.3, -0.25) is 5.73 Å². The van der Waals surface area contributed by atoms with Gasteiger partial charge in [-0.25, -0.2) is 4.99 Å². The number of methoxy groups -OCH3 is 2. The minimum atomic E-state index is -1.47. The first-order chi connectivity index (χ1) is 10.5. The van der Waals surface area contributed by atoms with Crippen molar-refractivity contribution in [3.05, 3.63) is 34.9 Å². The first-order valence-electron chi connectivity index (χ1n) is 6.59. The zero-order valence-corrected chi connectivity index (χ0v) is 12.8. The molecule has 1 aliphatic carbocycles. The van der Waals surface area contributed by atoms with Crippen LogP contribution in [0.1, 0.15) is 11.5 Å². The van der Waals surface area contributed by atoms with E-state index in [1.165, 1.54) is 14.2 Å². The van der Waals surface area contributed by atoms with Gasteiger partial charge in [0.2, 0.25) is 0 Å². The molecule has 0 bridgehead atoms. The number of benzene rings is 1. The SMILES string of the molecule is COC1(OC)[NH+]=C(N)[C@@]2(C#N)[C@H](c3ccc(Cl)cc3)[C@@]12C#N. The molecule has 1 aromatic rings. The molecule has 6 nitrogen and oxygen atoms in total. The third kappa shape index (κ3) is 1.29. The molecule has 1 heterocycles. The lowest BCUT2D eigenvalue weighted by Crippen LogP contribution is -2.90. The summed E-state index contributed by atoms with van der Waals surface area (Å²) in [5.74, 6) is -1.75. The van der Waals surface area contributed by atoms with Crippen LogP contribution in [-0.4, -0.2) is 26.0 Å². The summed E-state index contributed by atoms with van der Waals surface area (Å²) in [4.78, 5) is 2.84. The number of fused-ring (bicyclic) bond motifs is 1. The van der Waals surface area contributed by atoms with E-state index in [9.17, 15) is 10.5 Å². The minimum Gasteiger partial charge on any atom is -0.317 e. The summed E-state index contributed by atoms with van der Waals surface area (Å²) in [6.45, 7) is 0. The van der Waals surface area contributed by atoms with E-state index in [-0.39, 0.29) is 5.84 Å². The van der Waals surface area contributed by atoms with E-state index >= 15 is 0 Å². The number of hydrogen-bond donors (Lipinski definition) is 2. The van der Waals surface area contributed by atoms with Gasteiger partial charge in [-0.2, -0.15) is 10.5 Å². The maximum atomic E-state index is 9.87. The van der Waals surface area contributed by atoms with Crippen LogP contribution in [0.25, 0.3) is 0 Å². The molecule has 1 aliphatic heterocycles. The Morgan fingerprint density at radius 1 is 1.18 bits per heavy atom. The van der Waals surface area contributed by atoms with Crippen molar-refractivity contribution in [3.63, 3.8) is 0 Å². The maximum Gasteiger partial charge on any atom is 0.342 e. The Kier molecular flexibility index (Phi) is 2.99. The normalized spacial score (nSPS) is 34.2. The van der Waals surface area contributed by atoms with Crippen LogP contribution in [0.5, 0.6) is 0 Å². The average molecular weight is 318 g/mol. The average Bonchev–Trinajstić information content (AvgIpc) is 3.11. The van der Waals surface area contributed by atoms with Crippen LogP contribution < -0.4 is 10.7 Å². The summed E-state index contributed by atoms with van der Waals surface area (Å²) in [6.07, 6.45) is 0. The zero-order chi connectivity index (χ0) is 16.2. The Balaban J connectivity index is 2.23. The van der Waals surface area contributed by atoms with E-state index in [1.54, 1.807) is 24.3 Å². The summed E-state index contributed by atoms with van der Waals surface area (Å²) in [7, 11) is 2.82. The van der Waals surface area contributed by atoms with Gasteiger partial charge in [0.05, 0.1) is 12.1 Å². The Bertz CT molecular complexity index is 744. The van der Waals surface area contributed by atoms with Crippen molar-refractivity contribution in [3.8, 4) is 12.1 Å². The number of nitrogens with one attached hydrogen (secondary N) is 1. The molecular weight excluding hydrogens is 304 g/mol. The van der Waals surface area contributed by atoms with Crippen molar-refractivity contribution in [1.82, 2.24) is 0 Å². The lowest BCUT2D eigenvalue weighted by atomic mass is 9.93. The van der Waals surface area contributed by atoms with Crippen LogP contribution >= 0.6 is 11.6 Å². The quantitative estimate of drug-likeness (QED) is 0.754. The first kappa shape index (κ1) is 14.8. The number of nitrogens with zero attached hydrogens (tertiary/aromatic N) is 2. The Morgan fingerprint density at radius 3 is 2.23 bits per heavy atom. The molecule has 0 radical (unpaired) electrons. The summed E-state index contributed by atoms with van der Waals surface area (Å²) >= 11 is 5.91. The van der Waals surface area contributed by atoms with Crippen molar-refractivity contribution in [2.75, 3.05) is 14.2 Å². The minimum absolute atomic E-state index is 0.181. The lowest BCUT2D eigenvalue weighted by Gasteiger charge is -2.26. The number of nitriles is 2. The van der Waals surface area contributed by atoms with Crippen molar-refractivity contribution in [2.24, 2.45) is 16.6 Å². The van der Waals surface area contributed by atoms with E-state index in [2.05, 4.69) is 17.1 Å². The van der Waals surface area contributed by atoms with Crippen LogP contribution in [-0.2, 0) is 9.47 Å². The standard InChI is InChI=1S/C15H13ClN4O2/c1-21-15(22-2)14(8-18)11(9-3-5-10(16)6-4-9)13(14,7-17)12(19)20-15/h3-6,11H,1-2H3,(H2,19,20)/p+1/t11-,13+,14+/m0/s1. The highest BCUT2D eigenvalue weighted by Crippen LogP contribution is 2.78. The number of halogens is 1. The van der Waals surface area contributed by atoms with Gasteiger partial charge in [0.15, 0.2) is 10.8 Å². The lowest BCUT2D eigenvalue weighted by molar-refractivity contribution is -0.687. The molecule has 3 rings (SSSR count). The Morgan fingerprint density at radius 2 is 1.77 bits per heavy atom. The molecule has 2 aliphatic rings. The van der Waals surface area contributed by atoms with Crippen molar-refractivity contribution in [1.29, 1.82) is 10.5 Å². The van der Waals surface area contributed by atoms with Crippen molar-refractivity contribution in [2.45, 2.75) is 11.8 Å². The molecule has 0 amide bonds. The molecule has 22 heavy (non-hydrogen) atoms. The van der Waals surface area contributed by atoms with E-state index in [1.807, 2.05) is 0 Å². The predicted octanol–water partition coefficient (Wildman–Crippen LogP) is -0.145. The van der Waals surface area contributed by atoms with Gasteiger partial charge in [-0.15, -0.1) is 0 Å². The number of amidine groups is 1. The van der Waals surface area contributed by atoms with Crippen molar-refractivity contribution >= 4 is 17.4 Å². The van der Waals surface area contributed by atoms with Crippen LogP contribution in [0.4, 0.5) is 0 Å². The van der Waals surface area contributed by atoms with Gasteiger partial charge in [-0.1, -0.05) is 23.7 Å². The Hall–Kier alpha value is -2.12. The zero-order valence-electron chi connectivity index (χ0n) is 12.1. The van der Waals surface area contributed by atoms with Gasteiger partial charge in [0.1, 0.15) is 0 Å². The number of nitrogens with two attached hydrogens (primary N) is 1. The molecule has 0 saturated heterocycles. The second kappa shape index (κ2) is 4.44. The Labute approximate surface area is 132 Å². The third-order valence-corrected chi connectivity index (χ3v) is 5.03. The highest BCUT2D eigenvalue weighted by atomic mass is 35.5. The molecular formula is C15H14ClN4O2+. The van der Waals surface area contributed by atoms with Gasteiger partial charge >= 0.3 is 5.91 Å². The van der Waals surface area contributed by atoms with E-state index < -0.39 is 22.7 Å². The van der Waals surface area contributed by atoms with Gasteiger partial charge in [0, 0.05) is 25.2 Å². The summed E-state index contributed by atoms with van der Waals surface area (Å²) in [5, 5.41) is 20.2. The molecule has 1 saturated carbocycles. The molecule has 1 fully saturated rings. The number of rotatable bonds is 3. The highest BCUT2D eigenvalue weighted by Gasteiger charge is 2.96. The third-order valence-electron chi connectivity index (χ3n) is 4.78. The number of hydrogen-bond acceptors (Lipinski definition) is 5. The molecule has 3 N–H and O–H groups in total. The van der Waals surface area contributed by atoms with E-state index in [0.717, 1.165) is 5.56 Å². The molecule has 112 valence electrons. The van der Waals surface area contributed by atoms with Crippen LogP contribution in [0.15, 0.2) is 24.3 Å². The largest absolute Gasteiger partial charge is 0.342 e. The topological polar surface area (TPSA) is 106 Å². The highest BCUT2D eigenvalue weighted by molar-refractivity contribution is 6.30. The molecule has 1 aromatic carbocycles. The molecule has 0 unspecified atom stereocenters. The van der Waals surface area contributed by atoms with Gasteiger partial charge < -0.3 is 9.47 Å². The molecule has 3 atom stereocenters. The van der Waals surface area contributed by atoms with Crippen LogP contribution in [0.3, 0.4) is 0 Å². The monoisotopic (exact) mass is 317 g/mol. The fourth-order valence-corrected chi connectivity index (χ4v) is 3.89. The maximum absolute atomic E-state index is 9.87. The fraction of sp³-hybridized carbons (Fsp3) is 0.400. The van der Waals surface area contributed by atoms with Crippen LogP contribution in [0.2, 0.25) is 5.02 Å². The predicted molar refractivity (Wildman–Crippen MR) is 77.2 cm³/mol. The van der Waals surface area contributed by atoms with Gasteiger partial charge in [0.25, 0.3) is 5.84 Å². The van der Waals surface area contributed by atoms with Crippen molar-refractivity contribution < 1.29 is 14.5 Å². The van der Waals surface area contributed by atoms with Crippen LogP contribution in [0, 0.1) is 33.5 Å². The summed E-state index contributed by atoms with van der Waals surface area (Å²) in [5.41, 5.74) is 4.37. The smallest absolute Gasteiger partial charge is 0.317 e. The second-order valence-corrected chi connectivity index (χ2v) is 5.82. The summed E-state index contributed by atoms with van der Waals surface area (Å²) < 4.78 is 10.9. The van der Waals surface area contributed by atoms with E-state index in [4.69, 9.17) is 26.8 Å². The summed E-state index contributed by atoms with van der Waals surface area (Å²) in [6, 6.07) is 11.4. The first-order valence-corrected chi connectivity index (χ1v) is 6.96. The van der Waals surface area contributed by atoms with Gasteiger partial charge in [-0.05, 0) is 17.7 Å².